The smallest absolute Gasteiger partial charge is 0.0547 e. The van der Waals surface area contributed by atoms with Gasteiger partial charge in [0.05, 0.1) is 16.7 Å². The SMILES string of the molecule is CC1(C)c2ccccc2-c2ccc(-n3c4ccccc4c4c(-c5cccc(-c6ccccc6N(c6ccc(-c7ccc(-c8ccccc8)cc7)cc6)c6ccc(-c7ccc(-c8ccccc8)cc7)cc6)c5)cccc43)cc21. The summed E-state index contributed by atoms with van der Waals surface area (Å²) in [5.41, 5.74) is 26.4. The summed E-state index contributed by atoms with van der Waals surface area (Å²) in [5, 5.41) is 2.49. The topological polar surface area (TPSA) is 8.17 Å². The van der Waals surface area contributed by atoms with E-state index in [9.17, 15) is 0 Å². The fourth-order valence-corrected chi connectivity index (χ4v) is 12.1. The van der Waals surface area contributed by atoms with Gasteiger partial charge in [0.1, 0.15) is 0 Å². The lowest BCUT2D eigenvalue weighted by Crippen LogP contribution is -2.15. The predicted octanol–water partition coefficient (Wildman–Crippen LogP) is 20.6. The molecule has 0 spiro atoms. The molecule has 12 aromatic carbocycles. The molecule has 0 saturated heterocycles. The second-order valence-electron chi connectivity index (χ2n) is 20.9. The number of nitrogens with zero attached hydrogens (tertiary/aromatic N) is 2. The molecule has 0 unspecified atom stereocenters. The molecule has 0 aliphatic heterocycles. The summed E-state index contributed by atoms with van der Waals surface area (Å²) in [5.74, 6) is 0. The van der Waals surface area contributed by atoms with Gasteiger partial charge in [-0.25, -0.2) is 0 Å². The minimum absolute atomic E-state index is 0.100. The minimum Gasteiger partial charge on any atom is -0.310 e. The minimum atomic E-state index is -0.100. The van der Waals surface area contributed by atoms with Crippen molar-refractivity contribution in [3.05, 3.63) is 302 Å². The van der Waals surface area contributed by atoms with Crippen molar-refractivity contribution >= 4 is 38.9 Å². The van der Waals surface area contributed by atoms with Crippen molar-refractivity contribution in [2.24, 2.45) is 0 Å². The van der Waals surface area contributed by atoms with Crippen LogP contribution >= 0.6 is 0 Å². The molecule has 2 heteroatoms. The Kier molecular flexibility index (Phi) is 11.2. The largest absolute Gasteiger partial charge is 0.310 e. The summed E-state index contributed by atoms with van der Waals surface area (Å²) in [4.78, 5) is 2.41. The molecule has 0 radical (unpaired) electrons. The lowest BCUT2D eigenvalue weighted by Gasteiger charge is -2.28. The maximum Gasteiger partial charge on any atom is 0.0547 e. The number of para-hydroxylation sites is 2. The molecular formula is C75H54N2. The maximum absolute atomic E-state index is 2.47. The maximum atomic E-state index is 2.47. The highest BCUT2D eigenvalue weighted by Gasteiger charge is 2.35. The Morgan fingerprint density at radius 3 is 1.30 bits per heavy atom. The lowest BCUT2D eigenvalue weighted by atomic mass is 9.82. The van der Waals surface area contributed by atoms with Crippen LogP contribution in [-0.4, -0.2) is 4.57 Å². The molecule has 1 aliphatic rings. The van der Waals surface area contributed by atoms with Crippen LogP contribution in [0.4, 0.5) is 17.1 Å². The molecule has 77 heavy (non-hydrogen) atoms. The Morgan fingerprint density at radius 1 is 0.286 bits per heavy atom. The Bertz CT molecular complexity index is 4170. The van der Waals surface area contributed by atoms with Crippen molar-refractivity contribution in [1.82, 2.24) is 4.57 Å². The average molecular weight is 983 g/mol. The van der Waals surface area contributed by atoms with Crippen LogP contribution in [0.5, 0.6) is 0 Å². The van der Waals surface area contributed by atoms with Crippen LogP contribution in [0, 0.1) is 0 Å². The molecule has 1 aromatic heterocycles. The van der Waals surface area contributed by atoms with Crippen molar-refractivity contribution in [1.29, 1.82) is 0 Å². The Hall–Kier alpha value is -9.76. The summed E-state index contributed by atoms with van der Waals surface area (Å²) in [6.45, 7) is 4.73. The molecule has 364 valence electrons. The molecule has 1 aliphatic carbocycles. The van der Waals surface area contributed by atoms with Crippen molar-refractivity contribution in [3.8, 4) is 83.6 Å². The third kappa shape index (κ3) is 8.05. The van der Waals surface area contributed by atoms with Crippen LogP contribution in [-0.2, 0) is 5.41 Å². The third-order valence-electron chi connectivity index (χ3n) is 16.1. The molecule has 0 amide bonds. The van der Waals surface area contributed by atoms with E-state index in [4.69, 9.17) is 0 Å². The van der Waals surface area contributed by atoms with Crippen molar-refractivity contribution < 1.29 is 0 Å². The van der Waals surface area contributed by atoms with Crippen LogP contribution in [0.2, 0.25) is 0 Å². The quantitative estimate of drug-likeness (QED) is 0.133. The monoisotopic (exact) mass is 982 g/mol. The van der Waals surface area contributed by atoms with Crippen molar-refractivity contribution in [2.75, 3.05) is 4.90 Å². The van der Waals surface area contributed by atoms with Gasteiger partial charge in [-0.3, -0.25) is 0 Å². The lowest BCUT2D eigenvalue weighted by molar-refractivity contribution is 0.660. The van der Waals surface area contributed by atoms with Crippen LogP contribution in [0.15, 0.2) is 291 Å². The number of aromatic nitrogens is 1. The van der Waals surface area contributed by atoms with Crippen LogP contribution in [0.3, 0.4) is 0 Å². The first-order valence-electron chi connectivity index (χ1n) is 26.7. The first-order chi connectivity index (χ1) is 37.9. The van der Waals surface area contributed by atoms with Gasteiger partial charge >= 0.3 is 0 Å². The van der Waals surface area contributed by atoms with E-state index in [1.165, 1.54) is 105 Å². The Labute approximate surface area is 451 Å². The van der Waals surface area contributed by atoms with E-state index < -0.39 is 0 Å². The molecule has 0 N–H and O–H groups in total. The summed E-state index contributed by atoms with van der Waals surface area (Å²) >= 11 is 0. The second kappa shape index (κ2) is 18.9. The number of anilines is 3. The molecule has 14 rings (SSSR count). The van der Waals surface area contributed by atoms with Gasteiger partial charge in [-0.1, -0.05) is 244 Å². The van der Waals surface area contributed by atoms with Crippen LogP contribution < -0.4 is 4.90 Å². The highest BCUT2D eigenvalue weighted by atomic mass is 15.1. The zero-order valence-electron chi connectivity index (χ0n) is 43.1. The van der Waals surface area contributed by atoms with E-state index in [0.717, 1.165) is 28.2 Å². The van der Waals surface area contributed by atoms with Crippen molar-refractivity contribution in [3.63, 3.8) is 0 Å². The van der Waals surface area contributed by atoms with Gasteiger partial charge in [-0.15, -0.1) is 0 Å². The first kappa shape index (κ1) is 45.8. The van der Waals surface area contributed by atoms with E-state index in [2.05, 4.69) is 315 Å². The van der Waals surface area contributed by atoms with E-state index in [1.54, 1.807) is 0 Å². The zero-order valence-corrected chi connectivity index (χ0v) is 43.1. The van der Waals surface area contributed by atoms with Gasteiger partial charge in [0.2, 0.25) is 0 Å². The molecule has 0 saturated carbocycles. The standard InChI is InChI=1S/C75H54N2/c1-75(2)69-27-12-9-24-66(69)67-48-47-63(50-70(67)75)77-72-29-14-11-25-68(72)74-65(26-16-30-73(74)77)60-22-15-21-59(49-60)64-23-10-13-28-71(64)76(61-43-39-57(40-44-61)55-35-31-53(32-36-55)51-17-5-3-6-18-51)62-45-41-58(42-46-62)56-37-33-54(34-38-56)52-19-7-4-8-20-52/h3-50H,1-2H3. The van der Waals surface area contributed by atoms with Crippen LogP contribution in [0.25, 0.3) is 105 Å². The molecule has 0 bridgehead atoms. The van der Waals surface area contributed by atoms with Crippen LogP contribution in [0.1, 0.15) is 25.0 Å². The fourth-order valence-electron chi connectivity index (χ4n) is 12.1. The highest BCUT2D eigenvalue weighted by Crippen LogP contribution is 2.50. The molecule has 13 aromatic rings. The van der Waals surface area contributed by atoms with E-state index in [0.29, 0.717) is 0 Å². The van der Waals surface area contributed by atoms with Gasteiger partial charge < -0.3 is 9.47 Å². The van der Waals surface area contributed by atoms with Gasteiger partial charge in [-0.2, -0.15) is 0 Å². The number of hydrogen-bond acceptors (Lipinski definition) is 1. The van der Waals surface area contributed by atoms with Gasteiger partial charge in [0.25, 0.3) is 0 Å². The first-order valence-corrected chi connectivity index (χ1v) is 26.7. The zero-order chi connectivity index (χ0) is 51.5. The summed E-state index contributed by atoms with van der Waals surface area (Å²) in [6, 6.07) is 107. The predicted molar refractivity (Wildman–Crippen MR) is 326 cm³/mol. The van der Waals surface area contributed by atoms with Gasteiger partial charge in [0, 0.05) is 38.8 Å². The number of rotatable bonds is 10. The molecule has 1 heterocycles. The average Bonchev–Trinajstić information content (AvgIpc) is 4.10. The molecule has 0 atom stereocenters. The summed E-state index contributed by atoms with van der Waals surface area (Å²) < 4.78 is 2.47. The normalized spacial score (nSPS) is 12.4. The van der Waals surface area contributed by atoms with E-state index in [1.807, 2.05) is 0 Å². The fraction of sp³-hybridized carbons (Fsp3) is 0.0400. The number of benzene rings is 12. The number of hydrogen-bond donors (Lipinski definition) is 0. The molecule has 0 fully saturated rings. The van der Waals surface area contributed by atoms with E-state index in [-0.39, 0.29) is 5.41 Å². The Morgan fingerprint density at radius 2 is 0.701 bits per heavy atom. The summed E-state index contributed by atoms with van der Waals surface area (Å²) in [6.07, 6.45) is 0. The Balaban J connectivity index is 0.856. The molecule has 2 nitrogen and oxygen atoms in total. The second-order valence-corrected chi connectivity index (χ2v) is 20.9. The van der Waals surface area contributed by atoms with Gasteiger partial charge in [0.15, 0.2) is 0 Å². The van der Waals surface area contributed by atoms with Gasteiger partial charge in [-0.05, 0) is 144 Å². The third-order valence-corrected chi connectivity index (χ3v) is 16.1. The summed E-state index contributed by atoms with van der Waals surface area (Å²) in [7, 11) is 0. The van der Waals surface area contributed by atoms with E-state index >= 15 is 0 Å². The van der Waals surface area contributed by atoms with Crippen molar-refractivity contribution in [2.45, 2.75) is 19.3 Å². The number of fused-ring (bicyclic) bond motifs is 6. The molecular weight excluding hydrogens is 929 g/mol. The highest BCUT2D eigenvalue weighted by molar-refractivity contribution is 6.16.